The van der Waals surface area contributed by atoms with Crippen LogP contribution in [0.15, 0.2) is 149 Å². The molecule has 0 spiro atoms. The summed E-state index contributed by atoms with van der Waals surface area (Å²) in [4.78, 5) is 30.6. The first-order chi connectivity index (χ1) is 32.8. The molecular formula is C54H60N4O9. The minimum atomic E-state index is -1.12. The predicted molar refractivity (Wildman–Crippen MR) is 260 cm³/mol. The number of nitrogens with zero attached hydrogens (tertiary/aromatic N) is 2. The Morgan fingerprint density at radius 2 is 1.28 bits per heavy atom. The third-order valence-corrected chi connectivity index (χ3v) is 12.5. The zero-order valence-electron chi connectivity index (χ0n) is 38.4. The Morgan fingerprint density at radius 3 is 1.90 bits per heavy atom. The molecule has 67 heavy (non-hydrogen) atoms. The maximum absolute atomic E-state index is 13.3. The topological polar surface area (TPSA) is 149 Å². The normalized spacial score (nSPS) is 16.3. The lowest BCUT2D eigenvalue weighted by Crippen LogP contribution is -2.39. The van der Waals surface area contributed by atoms with Crippen molar-refractivity contribution in [3.8, 4) is 11.5 Å². The van der Waals surface area contributed by atoms with Crippen LogP contribution >= 0.6 is 0 Å². The number of hydrogen-bond donors (Lipinski definition) is 2. The van der Waals surface area contributed by atoms with Gasteiger partial charge < -0.3 is 38.9 Å². The molecule has 7 aromatic rings. The number of H-pyrrole nitrogens is 1. The summed E-state index contributed by atoms with van der Waals surface area (Å²) in [7, 11) is 3.28. The Hall–Kier alpha value is -6.16. The third-order valence-electron chi connectivity index (χ3n) is 12.5. The second-order valence-electron chi connectivity index (χ2n) is 16.7. The quantitative estimate of drug-likeness (QED) is 0.0377. The van der Waals surface area contributed by atoms with Crippen LogP contribution in [-0.4, -0.2) is 100 Å². The summed E-state index contributed by atoms with van der Waals surface area (Å²) in [5.74, 6) is 1.42. The molecule has 8 rings (SSSR count). The first-order valence-corrected chi connectivity index (χ1v) is 22.9. The standard InChI is InChI=1S/C54H60N4O9/c1-38-35-58(53(60)56-52(38)59)51-34-49(50(67-51)37-66-54(41-13-5-4-6-14-41,42-17-21-44(61-2)22-18-42)43-19-23-45(62-3)24-20-43)65-30-27-57(26-29-64-32-31-63-28-25-55)36-48-46-15-9-7-11-39(46)33-40-12-8-10-16-47(40)48/h4-24,33,35,49-51H,25-32,34,36-37,55H2,1-3H3,(H,56,59,60)/t49-,50+,51+/m0/s1. The first kappa shape index (κ1) is 47.3. The number of benzene rings is 6. The van der Waals surface area contributed by atoms with Crippen molar-refractivity contribution < 1.29 is 33.2 Å². The molecule has 0 saturated carbocycles. The lowest BCUT2D eigenvalue weighted by atomic mass is 9.80. The molecule has 0 aliphatic carbocycles. The van der Waals surface area contributed by atoms with E-state index in [0.717, 1.165) is 16.7 Å². The molecule has 0 unspecified atom stereocenters. The van der Waals surface area contributed by atoms with Crippen LogP contribution in [0.25, 0.3) is 21.5 Å². The summed E-state index contributed by atoms with van der Waals surface area (Å²) in [6.07, 6.45) is 0.0223. The second-order valence-corrected chi connectivity index (χ2v) is 16.7. The highest BCUT2D eigenvalue weighted by Gasteiger charge is 2.43. The van der Waals surface area contributed by atoms with Gasteiger partial charge in [-0.15, -0.1) is 0 Å². The number of nitrogens with one attached hydrogen (secondary N) is 1. The van der Waals surface area contributed by atoms with E-state index in [0.29, 0.717) is 82.7 Å². The van der Waals surface area contributed by atoms with Crippen molar-refractivity contribution in [1.29, 1.82) is 0 Å². The minimum Gasteiger partial charge on any atom is -0.497 e. The Balaban J connectivity index is 1.10. The summed E-state index contributed by atoms with van der Waals surface area (Å²) < 4.78 is 45.2. The molecule has 0 amide bonds. The van der Waals surface area contributed by atoms with E-state index < -0.39 is 35.3 Å². The van der Waals surface area contributed by atoms with Crippen molar-refractivity contribution in [2.75, 3.05) is 73.5 Å². The third kappa shape index (κ3) is 11.0. The predicted octanol–water partition coefficient (Wildman–Crippen LogP) is 7.34. The van der Waals surface area contributed by atoms with Gasteiger partial charge in [0.25, 0.3) is 5.56 Å². The molecule has 0 radical (unpaired) electrons. The zero-order valence-corrected chi connectivity index (χ0v) is 38.4. The van der Waals surface area contributed by atoms with E-state index in [1.165, 1.54) is 31.7 Å². The molecular weight excluding hydrogens is 849 g/mol. The molecule has 13 heteroatoms. The molecule has 6 aromatic carbocycles. The Labute approximate surface area is 390 Å². The van der Waals surface area contributed by atoms with Gasteiger partial charge >= 0.3 is 5.69 Å². The Kier molecular flexibility index (Phi) is 15.9. The van der Waals surface area contributed by atoms with Crippen molar-refractivity contribution in [3.05, 3.63) is 188 Å². The Morgan fingerprint density at radius 1 is 0.716 bits per heavy atom. The molecule has 1 fully saturated rings. The van der Waals surface area contributed by atoms with Crippen LogP contribution in [-0.2, 0) is 35.8 Å². The smallest absolute Gasteiger partial charge is 0.330 e. The molecule has 1 aliphatic rings. The Bertz CT molecular complexity index is 2700. The fraction of sp³-hybridized carbons (Fsp3) is 0.333. The summed E-state index contributed by atoms with van der Waals surface area (Å²) in [5.41, 5.74) is 7.76. The molecule has 3 N–H and O–H groups in total. The van der Waals surface area contributed by atoms with Gasteiger partial charge in [-0.25, -0.2) is 4.79 Å². The van der Waals surface area contributed by atoms with Gasteiger partial charge in [0.05, 0.1) is 60.0 Å². The number of rotatable bonds is 23. The summed E-state index contributed by atoms with van der Waals surface area (Å²) in [5, 5.41) is 4.76. The van der Waals surface area contributed by atoms with Crippen molar-refractivity contribution in [3.63, 3.8) is 0 Å². The number of nitrogens with two attached hydrogens (primary N) is 1. The van der Waals surface area contributed by atoms with Gasteiger partial charge in [-0.2, -0.15) is 0 Å². The lowest BCUT2D eigenvalue weighted by Gasteiger charge is -2.37. The number of methoxy groups -OCH3 is 2. The SMILES string of the molecule is COc1ccc(C(OC[C@H]2O[C@@H](n3cc(C)c(=O)[nH]c3=O)C[C@@H]2OCCN(CCOCCOCCN)Cc2c3ccccc3cc3ccccc23)(c2ccccc2)c2ccc(OC)cc2)cc1. The van der Waals surface area contributed by atoms with Crippen LogP contribution < -0.4 is 26.5 Å². The summed E-state index contributed by atoms with van der Waals surface area (Å²) in [6, 6.07) is 45.0. The number of aromatic nitrogens is 2. The molecule has 13 nitrogen and oxygen atoms in total. The highest BCUT2D eigenvalue weighted by molar-refractivity contribution is 6.02. The van der Waals surface area contributed by atoms with Gasteiger partial charge in [0.1, 0.15) is 29.4 Å². The molecule has 1 aromatic heterocycles. The fourth-order valence-electron chi connectivity index (χ4n) is 8.98. The number of ether oxygens (including phenoxy) is 7. The van der Waals surface area contributed by atoms with E-state index in [4.69, 9.17) is 38.9 Å². The molecule has 3 atom stereocenters. The minimum absolute atomic E-state index is 0.0803. The number of aromatic amines is 1. The maximum atomic E-state index is 13.3. The van der Waals surface area contributed by atoms with Crippen molar-refractivity contribution in [2.24, 2.45) is 5.73 Å². The highest BCUT2D eigenvalue weighted by atomic mass is 16.6. The van der Waals surface area contributed by atoms with Gasteiger partial charge in [0.15, 0.2) is 0 Å². The second kappa shape index (κ2) is 22.6. The van der Waals surface area contributed by atoms with Gasteiger partial charge in [-0.3, -0.25) is 19.2 Å². The van der Waals surface area contributed by atoms with E-state index in [2.05, 4.69) is 64.5 Å². The van der Waals surface area contributed by atoms with E-state index in [1.54, 1.807) is 27.3 Å². The number of hydrogen-bond acceptors (Lipinski definition) is 11. The molecule has 2 heterocycles. The van der Waals surface area contributed by atoms with Gasteiger partial charge in [0, 0.05) is 44.4 Å². The monoisotopic (exact) mass is 908 g/mol. The molecule has 1 aliphatic heterocycles. The van der Waals surface area contributed by atoms with Crippen molar-refractivity contribution in [2.45, 2.75) is 43.9 Å². The average Bonchev–Trinajstić information content (AvgIpc) is 3.77. The van der Waals surface area contributed by atoms with Crippen LogP contribution in [0, 0.1) is 6.92 Å². The van der Waals surface area contributed by atoms with Crippen molar-refractivity contribution >= 4 is 21.5 Å². The van der Waals surface area contributed by atoms with Crippen LogP contribution in [0.4, 0.5) is 0 Å². The van der Waals surface area contributed by atoms with E-state index in [9.17, 15) is 9.59 Å². The van der Waals surface area contributed by atoms with Crippen LogP contribution in [0.1, 0.15) is 40.5 Å². The summed E-state index contributed by atoms with van der Waals surface area (Å²) >= 11 is 0. The zero-order chi connectivity index (χ0) is 46.6. The largest absolute Gasteiger partial charge is 0.497 e. The molecule has 350 valence electrons. The molecule has 0 bridgehead atoms. The number of aryl methyl sites for hydroxylation is 1. The van der Waals surface area contributed by atoms with Gasteiger partial charge in [-0.1, -0.05) is 103 Å². The van der Waals surface area contributed by atoms with Crippen molar-refractivity contribution in [1.82, 2.24) is 14.5 Å². The average molecular weight is 909 g/mol. The summed E-state index contributed by atoms with van der Waals surface area (Å²) in [6.45, 7) is 6.35. The van der Waals surface area contributed by atoms with Crippen LogP contribution in [0.2, 0.25) is 0 Å². The van der Waals surface area contributed by atoms with E-state index >= 15 is 0 Å². The fourth-order valence-corrected chi connectivity index (χ4v) is 8.98. The van der Waals surface area contributed by atoms with Gasteiger partial charge in [0.2, 0.25) is 0 Å². The maximum Gasteiger partial charge on any atom is 0.330 e. The number of fused-ring (bicyclic) bond motifs is 2. The van der Waals surface area contributed by atoms with Gasteiger partial charge in [-0.05, 0) is 81.1 Å². The van der Waals surface area contributed by atoms with E-state index in [1.807, 2.05) is 78.9 Å². The van der Waals surface area contributed by atoms with Crippen LogP contribution in [0.5, 0.6) is 11.5 Å². The first-order valence-electron chi connectivity index (χ1n) is 22.9. The molecule has 1 saturated heterocycles. The highest BCUT2D eigenvalue weighted by Crippen LogP contribution is 2.43. The lowest BCUT2D eigenvalue weighted by molar-refractivity contribution is -0.105. The van der Waals surface area contributed by atoms with E-state index in [-0.39, 0.29) is 6.61 Å². The van der Waals surface area contributed by atoms with Crippen LogP contribution in [0.3, 0.4) is 0 Å².